The minimum absolute atomic E-state index is 0.0744. The number of fused-ring (bicyclic) bond motifs is 2. The van der Waals surface area contributed by atoms with Gasteiger partial charge in [-0.05, 0) is 56.4 Å². The zero-order chi connectivity index (χ0) is 23.4. The van der Waals surface area contributed by atoms with Crippen molar-refractivity contribution in [2.75, 3.05) is 7.11 Å². The molecule has 0 unspecified atom stereocenters. The number of furan rings is 1. The molecule has 0 aliphatic carbocycles. The maximum Gasteiger partial charge on any atom is 0.342 e. The molecule has 2 aliphatic heterocycles. The number of benzene rings is 1. The van der Waals surface area contributed by atoms with Gasteiger partial charge in [-0.15, -0.1) is 0 Å². The average Bonchev–Trinajstić information content (AvgIpc) is 3.31. The van der Waals surface area contributed by atoms with E-state index in [0.29, 0.717) is 66.1 Å². The molecule has 0 bridgehead atoms. The molecule has 33 heavy (non-hydrogen) atoms. The van der Waals surface area contributed by atoms with Crippen molar-refractivity contribution in [1.29, 1.82) is 0 Å². The summed E-state index contributed by atoms with van der Waals surface area (Å²) < 4.78 is 22.6. The van der Waals surface area contributed by atoms with Gasteiger partial charge < -0.3 is 18.6 Å². The molecule has 0 amide bonds. The molecule has 1 aromatic heterocycles. The lowest BCUT2D eigenvalue weighted by Crippen LogP contribution is -2.24. The molecule has 2 atom stereocenters. The van der Waals surface area contributed by atoms with Crippen LogP contribution < -0.4 is 9.47 Å². The van der Waals surface area contributed by atoms with Crippen LogP contribution >= 0.6 is 0 Å². The number of cyclic esters (lactones) is 1. The first-order valence-corrected chi connectivity index (χ1v) is 11.4. The number of allylic oxidation sites excluding steroid dienone is 1. The number of esters is 2. The Morgan fingerprint density at radius 3 is 2.70 bits per heavy atom. The second kappa shape index (κ2) is 10.1. The third-order valence-electron chi connectivity index (χ3n) is 6.05. The molecular weight excluding hydrogens is 424 g/mol. The van der Waals surface area contributed by atoms with Gasteiger partial charge in [0.2, 0.25) is 0 Å². The molecule has 0 N–H and O–H groups in total. The highest BCUT2D eigenvalue weighted by Gasteiger charge is 2.37. The van der Waals surface area contributed by atoms with E-state index in [1.54, 1.807) is 30.5 Å². The third-order valence-corrected chi connectivity index (χ3v) is 6.05. The average molecular weight is 453 g/mol. The van der Waals surface area contributed by atoms with E-state index in [0.717, 1.165) is 6.42 Å². The molecule has 4 rings (SSSR count). The summed E-state index contributed by atoms with van der Waals surface area (Å²) in [4.78, 5) is 37.7. The van der Waals surface area contributed by atoms with Crippen LogP contribution in [0.2, 0.25) is 0 Å². The summed E-state index contributed by atoms with van der Waals surface area (Å²) in [6, 6.07) is 5.23. The van der Waals surface area contributed by atoms with Crippen LogP contribution in [0.4, 0.5) is 0 Å². The lowest BCUT2D eigenvalue weighted by atomic mass is 9.86. The van der Waals surface area contributed by atoms with E-state index in [9.17, 15) is 14.4 Å². The number of methoxy groups -OCH3 is 1. The van der Waals surface area contributed by atoms with Crippen molar-refractivity contribution < 1.29 is 33.0 Å². The summed E-state index contributed by atoms with van der Waals surface area (Å²) in [6.07, 6.45) is 8.69. The molecular formula is C26H28O7. The molecule has 7 nitrogen and oxygen atoms in total. The number of hydrogen-bond donors (Lipinski definition) is 0. The fourth-order valence-corrected chi connectivity index (χ4v) is 4.44. The van der Waals surface area contributed by atoms with E-state index in [-0.39, 0.29) is 24.3 Å². The van der Waals surface area contributed by atoms with E-state index in [1.165, 1.54) is 7.11 Å². The largest absolute Gasteiger partial charge is 0.495 e. The van der Waals surface area contributed by atoms with Crippen molar-refractivity contribution in [1.82, 2.24) is 0 Å². The molecule has 0 saturated carbocycles. The molecule has 1 aromatic carbocycles. The molecule has 7 heteroatoms. The molecule has 0 saturated heterocycles. The monoisotopic (exact) mass is 452 g/mol. The standard InChI is InChI=1S/C26H28O7/c1-16-8-6-11-18(27)10-5-3-4-9-17-14-21-24(25(30-2)23(17)26(29)32-16)19(15-22(28)33-21)20-12-7-13-31-20/h4,7,9,12-14,16,19H,3,5-6,8,10-11,15H2,1-2H3/t16-,19+/m0/s1. The van der Waals surface area contributed by atoms with Crippen LogP contribution in [0.15, 0.2) is 35.0 Å². The first kappa shape index (κ1) is 22.8. The topological polar surface area (TPSA) is 92.0 Å². The quantitative estimate of drug-likeness (QED) is 0.456. The number of rotatable bonds is 2. The number of carbonyl (C=O) groups is 3. The Balaban J connectivity index is 1.84. The summed E-state index contributed by atoms with van der Waals surface area (Å²) >= 11 is 0. The van der Waals surface area contributed by atoms with Gasteiger partial charge in [0.1, 0.15) is 28.6 Å². The number of ether oxygens (including phenoxy) is 3. The van der Waals surface area contributed by atoms with Crippen molar-refractivity contribution in [3.63, 3.8) is 0 Å². The first-order valence-electron chi connectivity index (χ1n) is 11.4. The van der Waals surface area contributed by atoms with E-state index in [1.807, 2.05) is 13.0 Å². The fourth-order valence-electron chi connectivity index (χ4n) is 4.44. The second-order valence-corrected chi connectivity index (χ2v) is 8.47. The zero-order valence-corrected chi connectivity index (χ0v) is 18.9. The summed E-state index contributed by atoms with van der Waals surface area (Å²) in [6.45, 7) is 1.82. The van der Waals surface area contributed by atoms with Gasteiger partial charge in [-0.3, -0.25) is 9.59 Å². The van der Waals surface area contributed by atoms with Crippen LogP contribution in [-0.2, 0) is 14.3 Å². The lowest BCUT2D eigenvalue weighted by Gasteiger charge is -2.27. The molecule has 174 valence electrons. The fraction of sp³-hybridized carbons (Fsp3) is 0.423. The molecule has 2 aliphatic rings. The van der Waals surface area contributed by atoms with E-state index in [2.05, 4.69) is 0 Å². The summed E-state index contributed by atoms with van der Waals surface area (Å²) in [5.41, 5.74) is 1.43. The van der Waals surface area contributed by atoms with E-state index >= 15 is 0 Å². The Hall–Kier alpha value is -3.35. The van der Waals surface area contributed by atoms with Gasteiger partial charge in [-0.25, -0.2) is 4.79 Å². The minimum Gasteiger partial charge on any atom is -0.495 e. The Morgan fingerprint density at radius 1 is 1.12 bits per heavy atom. The van der Waals surface area contributed by atoms with Crippen LogP contribution in [-0.4, -0.2) is 30.9 Å². The third kappa shape index (κ3) is 5.02. The maximum atomic E-state index is 13.3. The molecule has 0 radical (unpaired) electrons. The van der Waals surface area contributed by atoms with Crippen molar-refractivity contribution in [3.05, 3.63) is 53.0 Å². The van der Waals surface area contributed by atoms with Gasteiger partial charge in [0.05, 0.1) is 31.8 Å². The summed E-state index contributed by atoms with van der Waals surface area (Å²) in [5.74, 6) is 0.140. The SMILES string of the molecule is COc1c2c(cc3c1[C@@H](c1ccco1)CC(=O)O3)C=CCCCC(=O)CCC[C@H](C)OC2=O. The van der Waals surface area contributed by atoms with Gasteiger partial charge >= 0.3 is 11.9 Å². The Labute approximate surface area is 192 Å². The highest BCUT2D eigenvalue weighted by molar-refractivity contribution is 5.99. The van der Waals surface area contributed by atoms with Crippen molar-refractivity contribution in [2.45, 2.75) is 63.9 Å². The van der Waals surface area contributed by atoms with Crippen molar-refractivity contribution in [3.8, 4) is 11.5 Å². The van der Waals surface area contributed by atoms with Gasteiger partial charge in [-0.1, -0.05) is 12.2 Å². The number of carbonyl (C=O) groups excluding carboxylic acids is 3. The Morgan fingerprint density at radius 2 is 1.94 bits per heavy atom. The molecule has 0 spiro atoms. The lowest BCUT2D eigenvalue weighted by molar-refractivity contribution is -0.135. The van der Waals surface area contributed by atoms with Crippen LogP contribution in [0.5, 0.6) is 11.5 Å². The van der Waals surface area contributed by atoms with Crippen LogP contribution in [0.1, 0.15) is 85.0 Å². The van der Waals surface area contributed by atoms with Crippen LogP contribution in [0.3, 0.4) is 0 Å². The summed E-state index contributed by atoms with van der Waals surface area (Å²) in [5, 5.41) is 0. The van der Waals surface area contributed by atoms with Gasteiger partial charge in [0, 0.05) is 18.4 Å². The van der Waals surface area contributed by atoms with Crippen LogP contribution in [0, 0.1) is 0 Å². The highest BCUT2D eigenvalue weighted by Crippen LogP contribution is 2.47. The highest BCUT2D eigenvalue weighted by atomic mass is 16.5. The number of Topliss-reactive ketones (excluding diaryl/α,β-unsaturated/α-hetero) is 1. The van der Waals surface area contributed by atoms with Gasteiger partial charge in [-0.2, -0.15) is 0 Å². The predicted octanol–water partition coefficient (Wildman–Crippen LogP) is 5.21. The first-order chi connectivity index (χ1) is 16.0. The van der Waals surface area contributed by atoms with Crippen molar-refractivity contribution in [2.24, 2.45) is 0 Å². The summed E-state index contributed by atoms with van der Waals surface area (Å²) in [7, 11) is 1.49. The molecule has 3 heterocycles. The van der Waals surface area contributed by atoms with Crippen molar-refractivity contribution >= 4 is 23.8 Å². The van der Waals surface area contributed by atoms with Gasteiger partial charge in [0.15, 0.2) is 0 Å². The molecule has 2 aromatic rings. The van der Waals surface area contributed by atoms with Crippen LogP contribution in [0.25, 0.3) is 6.08 Å². The van der Waals surface area contributed by atoms with E-state index < -0.39 is 11.9 Å². The van der Waals surface area contributed by atoms with E-state index in [4.69, 9.17) is 18.6 Å². The number of ketones is 1. The molecule has 0 fully saturated rings. The Kier molecular flexibility index (Phi) is 6.96. The predicted molar refractivity (Wildman–Crippen MR) is 120 cm³/mol. The zero-order valence-electron chi connectivity index (χ0n) is 18.9. The normalized spacial score (nSPS) is 21.9. The second-order valence-electron chi connectivity index (χ2n) is 8.47. The number of hydrogen-bond acceptors (Lipinski definition) is 7. The van der Waals surface area contributed by atoms with Gasteiger partial charge in [0.25, 0.3) is 0 Å². The maximum absolute atomic E-state index is 13.3. The smallest absolute Gasteiger partial charge is 0.342 e. The minimum atomic E-state index is -0.514. The Bertz CT molecular complexity index is 1060.